The summed E-state index contributed by atoms with van der Waals surface area (Å²) >= 11 is 0. The lowest BCUT2D eigenvalue weighted by Gasteiger charge is -2.36. The molecule has 1 atom stereocenters. The Morgan fingerprint density at radius 3 is 3.00 bits per heavy atom. The molecule has 7 heteroatoms. The quantitative estimate of drug-likeness (QED) is 0.858. The van der Waals surface area contributed by atoms with Gasteiger partial charge in [0.15, 0.2) is 0 Å². The average molecular weight is 299 g/mol. The van der Waals surface area contributed by atoms with Gasteiger partial charge in [0.1, 0.15) is 17.9 Å². The van der Waals surface area contributed by atoms with E-state index in [2.05, 4.69) is 10.3 Å². The van der Waals surface area contributed by atoms with Crippen LogP contribution in [-0.2, 0) is 9.59 Å². The van der Waals surface area contributed by atoms with Crippen molar-refractivity contribution in [3.05, 3.63) is 23.9 Å². The summed E-state index contributed by atoms with van der Waals surface area (Å²) in [7, 11) is 0. The molecule has 2 aliphatic rings. The second kappa shape index (κ2) is 6.02. The third kappa shape index (κ3) is 2.72. The molecule has 1 aromatic heterocycles. The largest absolute Gasteiger partial charge is 0.368 e. The fourth-order valence-corrected chi connectivity index (χ4v) is 2.94. The summed E-state index contributed by atoms with van der Waals surface area (Å²) in [5, 5.41) is 11.8. The summed E-state index contributed by atoms with van der Waals surface area (Å²) in [5.41, 5.74) is 0.503. The van der Waals surface area contributed by atoms with Crippen molar-refractivity contribution < 1.29 is 9.59 Å². The Kier molecular flexibility index (Phi) is 3.92. The van der Waals surface area contributed by atoms with Crippen LogP contribution >= 0.6 is 0 Å². The first-order chi connectivity index (χ1) is 10.7. The first kappa shape index (κ1) is 14.3. The third-order valence-corrected chi connectivity index (χ3v) is 4.08. The Morgan fingerprint density at radius 1 is 1.41 bits per heavy atom. The van der Waals surface area contributed by atoms with Crippen LogP contribution in [0.1, 0.15) is 18.4 Å². The molecule has 1 N–H and O–H groups in total. The molecule has 0 spiro atoms. The van der Waals surface area contributed by atoms with Crippen LogP contribution in [0.5, 0.6) is 0 Å². The molecule has 2 aliphatic heterocycles. The number of piperazine rings is 1. The van der Waals surface area contributed by atoms with Crippen LogP contribution in [0.3, 0.4) is 0 Å². The number of nitrogens with one attached hydrogen (secondary N) is 1. The molecule has 2 fully saturated rings. The summed E-state index contributed by atoms with van der Waals surface area (Å²) in [4.78, 5) is 31.8. The number of anilines is 1. The fraction of sp³-hybridized carbons (Fsp3) is 0.467. The van der Waals surface area contributed by atoms with Crippen LogP contribution in [0.25, 0.3) is 0 Å². The first-order valence-electron chi connectivity index (χ1n) is 7.37. The number of fused-ring (bicyclic) bond motifs is 1. The molecule has 0 saturated carbocycles. The highest BCUT2D eigenvalue weighted by atomic mass is 16.2. The maximum atomic E-state index is 12.3. The molecule has 2 saturated heterocycles. The van der Waals surface area contributed by atoms with Gasteiger partial charge in [-0.1, -0.05) is 0 Å². The van der Waals surface area contributed by atoms with Gasteiger partial charge in [-0.05, 0) is 25.0 Å². The normalized spacial score (nSPS) is 20.8. The number of hydrogen-bond acceptors (Lipinski definition) is 5. The van der Waals surface area contributed by atoms with Gasteiger partial charge in [-0.15, -0.1) is 0 Å². The van der Waals surface area contributed by atoms with Crippen molar-refractivity contribution in [2.45, 2.75) is 18.9 Å². The first-order valence-corrected chi connectivity index (χ1v) is 7.37. The average Bonchev–Trinajstić information content (AvgIpc) is 3.03. The molecule has 1 aromatic rings. The Hall–Kier alpha value is -2.62. The summed E-state index contributed by atoms with van der Waals surface area (Å²) < 4.78 is 0. The highest BCUT2D eigenvalue weighted by Gasteiger charge is 2.41. The molecule has 3 rings (SSSR count). The zero-order valence-electron chi connectivity index (χ0n) is 12.2. The molecule has 2 amide bonds. The van der Waals surface area contributed by atoms with E-state index in [0.29, 0.717) is 31.0 Å². The second-order valence-electron chi connectivity index (χ2n) is 5.48. The van der Waals surface area contributed by atoms with E-state index in [-0.39, 0.29) is 24.4 Å². The van der Waals surface area contributed by atoms with Crippen LogP contribution < -0.4 is 5.32 Å². The summed E-state index contributed by atoms with van der Waals surface area (Å²) in [6, 6.07) is 5.16. The van der Waals surface area contributed by atoms with Gasteiger partial charge < -0.3 is 15.1 Å². The third-order valence-electron chi connectivity index (χ3n) is 4.08. The lowest BCUT2D eigenvalue weighted by molar-refractivity contribution is -0.153. The van der Waals surface area contributed by atoms with Crippen LogP contribution in [0.15, 0.2) is 18.3 Å². The lowest BCUT2D eigenvalue weighted by Crippen LogP contribution is -2.58. The number of amides is 2. The zero-order valence-corrected chi connectivity index (χ0v) is 12.2. The van der Waals surface area contributed by atoms with Gasteiger partial charge >= 0.3 is 0 Å². The Balaban J connectivity index is 1.53. The number of nitrogens with zero attached hydrogens (tertiary/aromatic N) is 4. The van der Waals surface area contributed by atoms with Crippen molar-refractivity contribution in [2.24, 2.45) is 0 Å². The number of hydrogen-bond donors (Lipinski definition) is 1. The summed E-state index contributed by atoms with van der Waals surface area (Å²) in [6.45, 7) is 1.86. The van der Waals surface area contributed by atoms with Gasteiger partial charge in [-0.25, -0.2) is 4.98 Å². The summed E-state index contributed by atoms with van der Waals surface area (Å²) in [6.07, 6.45) is 3.17. The molecular weight excluding hydrogens is 282 g/mol. The molecule has 0 bridgehead atoms. The zero-order chi connectivity index (χ0) is 15.5. The van der Waals surface area contributed by atoms with E-state index in [1.807, 2.05) is 6.07 Å². The van der Waals surface area contributed by atoms with Gasteiger partial charge in [-0.2, -0.15) is 5.26 Å². The Bertz CT molecular complexity index is 622. The number of pyridine rings is 1. The predicted octanol–water partition coefficient (Wildman–Crippen LogP) is 0.198. The van der Waals surface area contributed by atoms with Crippen molar-refractivity contribution in [3.8, 4) is 6.07 Å². The minimum Gasteiger partial charge on any atom is -0.368 e. The van der Waals surface area contributed by atoms with Crippen LogP contribution in [-0.4, -0.2) is 58.8 Å². The minimum atomic E-state index is -0.255. The van der Waals surface area contributed by atoms with Gasteiger partial charge in [0, 0.05) is 25.8 Å². The van der Waals surface area contributed by atoms with Crippen LogP contribution in [0.2, 0.25) is 0 Å². The number of rotatable bonds is 4. The van der Waals surface area contributed by atoms with E-state index in [1.54, 1.807) is 21.9 Å². The summed E-state index contributed by atoms with van der Waals surface area (Å²) in [5.74, 6) is 0.738. The number of aromatic nitrogens is 1. The maximum Gasteiger partial charge on any atom is 0.245 e. The SMILES string of the molecule is N#Cc1ccc(NCCN2CC(=O)N3CCC[C@H]3C2=O)nc1. The van der Waals surface area contributed by atoms with E-state index in [9.17, 15) is 9.59 Å². The molecule has 0 aliphatic carbocycles. The molecular formula is C15H17N5O2. The van der Waals surface area contributed by atoms with E-state index < -0.39 is 0 Å². The molecule has 3 heterocycles. The van der Waals surface area contributed by atoms with Crippen LogP contribution in [0.4, 0.5) is 5.82 Å². The Labute approximate surface area is 128 Å². The number of carbonyl (C=O) groups is 2. The highest BCUT2D eigenvalue weighted by Crippen LogP contribution is 2.23. The van der Waals surface area contributed by atoms with E-state index in [1.165, 1.54) is 6.20 Å². The molecule has 7 nitrogen and oxygen atoms in total. The Morgan fingerprint density at radius 2 is 2.27 bits per heavy atom. The van der Waals surface area contributed by atoms with E-state index >= 15 is 0 Å². The van der Waals surface area contributed by atoms with E-state index in [4.69, 9.17) is 5.26 Å². The van der Waals surface area contributed by atoms with Crippen molar-refractivity contribution in [2.75, 3.05) is 31.5 Å². The van der Waals surface area contributed by atoms with Crippen molar-refractivity contribution >= 4 is 17.6 Å². The predicted molar refractivity (Wildman–Crippen MR) is 78.8 cm³/mol. The van der Waals surface area contributed by atoms with Gasteiger partial charge in [0.05, 0.1) is 12.1 Å². The van der Waals surface area contributed by atoms with Gasteiger partial charge in [-0.3, -0.25) is 9.59 Å². The smallest absolute Gasteiger partial charge is 0.245 e. The molecule has 0 radical (unpaired) electrons. The van der Waals surface area contributed by atoms with Gasteiger partial charge in [0.2, 0.25) is 11.8 Å². The van der Waals surface area contributed by atoms with Crippen molar-refractivity contribution in [1.82, 2.24) is 14.8 Å². The minimum absolute atomic E-state index is 0.0404. The maximum absolute atomic E-state index is 12.3. The van der Waals surface area contributed by atoms with Crippen molar-refractivity contribution in [3.63, 3.8) is 0 Å². The van der Waals surface area contributed by atoms with E-state index in [0.717, 1.165) is 12.8 Å². The topological polar surface area (TPSA) is 89.3 Å². The fourth-order valence-electron chi connectivity index (χ4n) is 2.94. The monoisotopic (exact) mass is 299 g/mol. The standard InChI is InChI=1S/C15H17N5O2/c16-8-11-3-4-13(18-9-11)17-5-7-19-10-14(21)20-6-1-2-12(20)15(19)22/h3-4,9,12H,1-2,5-7,10H2,(H,17,18)/t12-/m0/s1. The number of nitriles is 1. The van der Waals surface area contributed by atoms with Gasteiger partial charge in [0.25, 0.3) is 0 Å². The highest BCUT2D eigenvalue weighted by molar-refractivity contribution is 5.95. The molecule has 114 valence electrons. The lowest BCUT2D eigenvalue weighted by atomic mass is 10.1. The number of carbonyl (C=O) groups excluding carboxylic acids is 2. The molecule has 0 aromatic carbocycles. The molecule has 22 heavy (non-hydrogen) atoms. The van der Waals surface area contributed by atoms with Crippen LogP contribution in [0, 0.1) is 11.3 Å². The molecule has 0 unspecified atom stereocenters. The second-order valence-corrected chi connectivity index (χ2v) is 5.48. The van der Waals surface area contributed by atoms with Crippen molar-refractivity contribution in [1.29, 1.82) is 5.26 Å².